The first-order chi connectivity index (χ1) is 9.99. The molecule has 0 fully saturated rings. The van der Waals surface area contributed by atoms with Crippen LogP contribution in [0.2, 0.25) is 0 Å². The molecule has 2 aromatic carbocycles. The van der Waals surface area contributed by atoms with Gasteiger partial charge >= 0.3 is 0 Å². The van der Waals surface area contributed by atoms with Crippen LogP contribution in [-0.4, -0.2) is 19.0 Å². The average molecular weight is 285 g/mol. The molecule has 0 atom stereocenters. The van der Waals surface area contributed by atoms with Crippen molar-refractivity contribution < 1.29 is 4.92 Å². The summed E-state index contributed by atoms with van der Waals surface area (Å²) in [6, 6.07) is 12.9. The van der Waals surface area contributed by atoms with E-state index in [2.05, 4.69) is 12.2 Å². The minimum Gasteiger partial charge on any atom is -0.381 e. The standard InChI is InChI=1S/C16H19N3O2/c1-12-8-9-14(10-16(12)18(2)3)17-11-13-6-4-5-7-15(13)19(20)21/h4-10,17H,11H2,1-3H3. The normalized spacial score (nSPS) is 10.2. The topological polar surface area (TPSA) is 58.4 Å². The van der Waals surface area contributed by atoms with Crippen molar-refractivity contribution in [2.45, 2.75) is 13.5 Å². The van der Waals surface area contributed by atoms with Crippen LogP contribution < -0.4 is 10.2 Å². The Bertz CT molecular complexity index is 654. The monoisotopic (exact) mass is 285 g/mol. The number of hydrogen-bond donors (Lipinski definition) is 1. The number of nitrogens with zero attached hydrogens (tertiary/aromatic N) is 2. The van der Waals surface area contributed by atoms with Gasteiger partial charge in [0.1, 0.15) is 0 Å². The van der Waals surface area contributed by atoms with Crippen molar-refractivity contribution in [2.24, 2.45) is 0 Å². The van der Waals surface area contributed by atoms with Crippen molar-refractivity contribution in [3.8, 4) is 0 Å². The molecule has 2 aromatic rings. The van der Waals surface area contributed by atoms with Crippen LogP contribution in [0.5, 0.6) is 0 Å². The minimum atomic E-state index is -0.350. The van der Waals surface area contributed by atoms with Gasteiger partial charge in [-0.1, -0.05) is 24.3 Å². The number of nitro benzene ring substituents is 1. The minimum absolute atomic E-state index is 0.143. The van der Waals surface area contributed by atoms with Crippen LogP contribution in [0.25, 0.3) is 0 Å². The van der Waals surface area contributed by atoms with Gasteiger partial charge in [-0.15, -0.1) is 0 Å². The largest absolute Gasteiger partial charge is 0.381 e. The van der Waals surface area contributed by atoms with Crippen LogP contribution in [-0.2, 0) is 6.54 Å². The van der Waals surface area contributed by atoms with Crippen LogP contribution in [0.15, 0.2) is 42.5 Å². The molecule has 21 heavy (non-hydrogen) atoms. The summed E-state index contributed by atoms with van der Waals surface area (Å²) in [7, 11) is 3.99. The highest BCUT2D eigenvalue weighted by atomic mass is 16.6. The molecule has 110 valence electrons. The summed E-state index contributed by atoms with van der Waals surface area (Å²) in [6.45, 7) is 2.48. The highest BCUT2D eigenvalue weighted by Crippen LogP contribution is 2.24. The fraction of sp³-hybridized carbons (Fsp3) is 0.250. The van der Waals surface area contributed by atoms with Gasteiger partial charge in [0.2, 0.25) is 0 Å². The maximum atomic E-state index is 11.0. The van der Waals surface area contributed by atoms with Gasteiger partial charge in [-0.05, 0) is 24.6 Å². The molecule has 1 N–H and O–H groups in total. The molecular formula is C16H19N3O2. The summed E-state index contributed by atoms with van der Waals surface area (Å²) in [5, 5.41) is 14.2. The molecule has 0 bridgehead atoms. The van der Waals surface area contributed by atoms with Crippen LogP contribution in [0, 0.1) is 17.0 Å². The van der Waals surface area contributed by atoms with Gasteiger partial charge in [0.25, 0.3) is 5.69 Å². The quantitative estimate of drug-likeness (QED) is 0.674. The van der Waals surface area contributed by atoms with E-state index in [0.717, 1.165) is 11.4 Å². The third-order valence-electron chi connectivity index (χ3n) is 3.36. The molecule has 0 aromatic heterocycles. The number of hydrogen-bond acceptors (Lipinski definition) is 4. The van der Waals surface area contributed by atoms with Crippen molar-refractivity contribution in [3.63, 3.8) is 0 Å². The Morgan fingerprint density at radius 3 is 2.57 bits per heavy atom. The summed E-state index contributed by atoms with van der Waals surface area (Å²) < 4.78 is 0. The predicted molar refractivity (Wildman–Crippen MR) is 85.9 cm³/mol. The molecule has 0 aliphatic carbocycles. The summed E-state index contributed by atoms with van der Waals surface area (Å²) >= 11 is 0. The van der Waals surface area contributed by atoms with E-state index < -0.39 is 0 Å². The summed E-state index contributed by atoms with van der Waals surface area (Å²) in [5.74, 6) is 0. The lowest BCUT2D eigenvalue weighted by Gasteiger charge is -2.17. The highest BCUT2D eigenvalue weighted by molar-refractivity contribution is 5.62. The zero-order valence-corrected chi connectivity index (χ0v) is 12.5. The van der Waals surface area contributed by atoms with E-state index in [-0.39, 0.29) is 10.6 Å². The fourth-order valence-corrected chi connectivity index (χ4v) is 2.24. The molecule has 5 heteroatoms. The van der Waals surface area contributed by atoms with E-state index in [9.17, 15) is 10.1 Å². The van der Waals surface area contributed by atoms with E-state index in [4.69, 9.17) is 0 Å². The number of aryl methyl sites for hydroxylation is 1. The predicted octanol–water partition coefficient (Wildman–Crippen LogP) is 3.58. The molecule has 0 radical (unpaired) electrons. The lowest BCUT2D eigenvalue weighted by molar-refractivity contribution is -0.385. The first-order valence-electron chi connectivity index (χ1n) is 6.73. The zero-order valence-electron chi connectivity index (χ0n) is 12.5. The summed E-state index contributed by atoms with van der Waals surface area (Å²) in [5.41, 5.74) is 4.08. The molecule has 5 nitrogen and oxygen atoms in total. The molecule has 0 saturated carbocycles. The SMILES string of the molecule is Cc1ccc(NCc2ccccc2[N+](=O)[O-])cc1N(C)C. The van der Waals surface area contributed by atoms with E-state index in [1.807, 2.05) is 43.3 Å². The van der Waals surface area contributed by atoms with Gasteiger partial charge in [0.05, 0.1) is 4.92 Å². The van der Waals surface area contributed by atoms with Crippen molar-refractivity contribution in [3.05, 3.63) is 63.7 Å². The lowest BCUT2D eigenvalue weighted by atomic mass is 10.1. The molecule has 0 spiro atoms. The first kappa shape index (κ1) is 14.8. The Hall–Kier alpha value is -2.56. The number of rotatable bonds is 5. The first-order valence-corrected chi connectivity index (χ1v) is 6.73. The Morgan fingerprint density at radius 1 is 1.19 bits per heavy atom. The van der Waals surface area contributed by atoms with Gasteiger partial charge in [-0.25, -0.2) is 0 Å². The molecule has 0 unspecified atom stereocenters. The number of para-hydroxylation sites is 1. The van der Waals surface area contributed by atoms with Crippen molar-refractivity contribution in [1.29, 1.82) is 0 Å². The van der Waals surface area contributed by atoms with Crippen LogP contribution in [0.1, 0.15) is 11.1 Å². The zero-order chi connectivity index (χ0) is 15.4. The van der Waals surface area contributed by atoms with Gasteiger partial charge in [-0.3, -0.25) is 10.1 Å². The number of nitro groups is 1. The Morgan fingerprint density at radius 2 is 1.90 bits per heavy atom. The van der Waals surface area contributed by atoms with Crippen LogP contribution in [0.4, 0.5) is 17.1 Å². The molecule has 0 aliphatic rings. The third kappa shape index (κ3) is 3.51. The van der Waals surface area contributed by atoms with E-state index in [1.165, 1.54) is 11.6 Å². The fourth-order valence-electron chi connectivity index (χ4n) is 2.24. The number of benzene rings is 2. The Balaban J connectivity index is 2.17. The molecule has 0 heterocycles. The van der Waals surface area contributed by atoms with Crippen molar-refractivity contribution >= 4 is 17.1 Å². The lowest BCUT2D eigenvalue weighted by Crippen LogP contribution is -2.11. The Kier molecular flexibility index (Phi) is 4.42. The van der Waals surface area contributed by atoms with Crippen molar-refractivity contribution in [1.82, 2.24) is 0 Å². The summed E-state index contributed by atoms with van der Waals surface area (Å²) in [4.78, 5) is 12.7. The number of anilines is 2. The van der Waals surface area contributed by atoms with Gasteiger partial charge in [-0.2, -0.15) is 0 Å². The second kappa shape index (κ2) is 6.26. The maximum absolute atomic E-state index is 11.0. The number of nitrogens with one attached hydrogen (secondary N) is 1. The Labute approximate surface area is 124 Å². The van der Waals surface area contributed by atoms with Crippen molar-refractivity contribution in [2.75, 3.05) is 24.3 Å². The second-order valence-electron chi connectivity index (χ2n) is 5.14. The molecule has 2 rings (SSSR count). The molecular weight excluding hydrogens is 266 g/mol. The third-order valence-corrected chi connectivity index (χ3v) is 3.36. The smallest absolute Gasteiger partial charge is 0.274 e. The highest BCUT2D eigenvalue weighted by Gasteiger charge is 2.12. The van der Waals surface area contributed by atoms with Crippen LogP contribution >= 0.6 is 0 Å². The molecule has 0 aliphatic heterocycles. The summed E-state index contributed by atoms with van der Waals surface area (Å²) in [6.07, 6.45) is 0. The van der Waals surface area contributed by atoms with Crippen LogP contribution in [0.3, 0.4) is 0 Å². The van der Waals surface area contributed by atoms with E-state index in [1.54, 1.807) is 12.1 Å². The molecule has 0 amide bonds. The second-order valence-corrected chi connectivity index (χ2v) is 5.14. The van der Waals surface area contributed by atoms with E-state index in [0.29, 0.717) is 12.1 Å². The van der Waals surface area contributed by atoms with Gasteiger partial charge in [0.15, 0.2) is 0 Å². The van der Waals surface area contributed by atoms with E-state index >= 15 is 0 Å². The maximum Gasteiger partial charge on any atom is 0.274 e. The van der Waals surface area contributed by atoms with Gasteiger partial charge < -0.3 is 10.2 Å². The van der Waals surface area contributed by atoms with Gasteiger partial charge in [0, 0.05) is 43.6 Å². The average Bonchev–Trinajstić information content (AvgIpc) is 2.46. The molecule has 0 saturated heterocycles.